The first-order chi connectivity index (χ1) is 13.7. The molecule has 1 aliphatic rings. The minimum Gasteiger partial charge on any atom is -0.378 e. The van der Waals surface area contributed by atoms with E-state index in [1.165, 1.54) is 11.3 Å². The molecule has 1 amide bonds. The molecule has 1 fully saturated rings. The van der Waals surface area contributed by atoms with Gasteiger partial charge in [0.2, 0.25) is 5.95 Å². The first kappa shape index (κ1) is 18.5. The largest absolute Gasteiger partial charge is 0.378 e. The van der Waals surface area contributed by atoms with Crippen LogP contribution in [0.3, 0.4) is 0 Å². The molecule has 0 spiro atoms. The summed E-state index contributed by atoms with van der Waals surface area (Å²) in [5, 5.41) is 5.73. The highest BCUT2D eigenvalue weighted by molar-refractivity contribution is 7.09. The maximum absolute atomic E-state index is 12.8. The van der Waals surface area contributed by atoms with Crippen molar-refractivity contribution in [2.24, 2.45) is 0 Å². The van der Waals surface area contributed by atoms with Gasteiger partial charge in [0.05, 0.1) is 31.0 Å². The van der Waals surface area contributed by atoms with Gasteiger partial charge in [-0.3, -0.25) is 9.78 Å². The Kier molecular flexibility index (Phi) is 5.54. The number of morpholine rings is 1. The first-order valence-electron chi connectivity index (χ1n) is 9.00. The lowest BCUT2D eigenvalue weighted by Gasteiger charge is -2.27. The highest BCUT2D eigenvalue weighted by Crippen LogP contribution is 2.23. The van der Waals surface area contributed by atoms with Crippen LogP contribution in [0.25, 0.3) is 11.3 Å². The van der Waals surface area contributed by atoms with Crippen LogP contribution in [-0.2, 0) is 11.3 Å². The van der Waals surface area contributed by atoms with Gasteiger partial charge in [0.15, 0.2) is 0 Å². The third-order valence-corrected chi connectivity index (χ3v) is 5.28. The Bertz CT molecular complexity index is 956. The molecular weight excluding hydrogens is 376 g/mol. The Labute approximate surface area is 166 Å². The maximum Gasteiger partial charge on any atom is 0.255 e. The quantitative estimate of drug-likeness (QED) is 0.706. The van der Waals surface area contributed by atoms with Crippen LogP contribution in [0.1, 0.15) is 21.1 Å². The third-order valence-electron chi connectivity index (χ3n) is 4.32. The summed E-state index contributed by atoms with van der Waals surface area (Å²) in [5.74, 6) is 0.356. The van der Waals surface area contributed by atoms with Crippen molar-refractivity contribution in [3.05, 3.63) is 52.4 Å². The highest BCUT2D eigenvalue weighted by Gasteiger charge is 2.20. The number of nitrogens with one attached hydrogen (secondary N) is 1. The summed E-state index contributed by atoms with van der Waals surface area (Å²) in [6.45, 7) is 5.03. The molecule has 0 atom stereocenters. The molecule has 9 heteroatoms. The van der Waals surface area contributed by atoms with E-state index in [4.69, 9.17) is 9.72 Å². The molecule has 0 unspecified atom stereocenters. The predicted molar refractivity (Wildman–Crippen MR) is 106 cm³/mol. The van der Waals surface area contributed by atoms with Crippen molar-refractivity contribution in [1.29, 1.82) is 0 Å². The van der Waals surface area contributed by atoms with Gasteiger partial charge in [-0.1, -0.05) is 0 Å². The van der Waals surface area contributed by atoms with Gasteiger partial charge in [0.25, 0.3) is 5.91 Å². The second-order valence-electron chi connectivity index (χ2n) is 6.34. The molecule has 4 rings (SSSR count). The number of anilines is 1. The Morgan fingerprint density at radius 1 is 1.29 bits per heavy atom. The number of rotatable bonds is 5. The van der Waals surface area contributed by atoms with E-state index in [0.717, 1.165) is 29.4 Å². The molecule has 0 aliphatic carbocycles. The monoisotopic (exact) mass is 396 g/mol. The number of amides is 1. The number of aryl methyl sites for hydroxylation is 1. The van der Waals surface area contributed by atoms with Crippen LogP contribution in [0.5, 0.6) is 0 Å². The average Bonchev–Trinajstić information content (AvgIpc) is 3.18. The van der Waals surface area contributed by atoms with Gasteiger partial charge in [0, 0.05) is 48.3 Å². The molecular formula is C19H20N6O2S. The lowest BCUT2D eigenvalue weighted by molar-refractivity contribution is 0.0950. The molecule has 4 heterocycles. The summed E-state index contributed by atoms with van der Waals surface area (Å²) in [7, 11) is 0. The highest BCUT2D eigenvalue weighted by atomic mass is 32.1. The fourth-order valence-corrected chi connectivity index (χ4v) is 3.62. The topological polar surface area (TPSA) is 93.1 Å². The summed E-state index contributed by atoms with van der Waals surface area (Å²) in [4.78, 5) is 32.6. The van der Waals surface area contributed by atoms with Gasteiger partial charge < -0.3 is 15.0 Å². The molecule has 0 radical (unpaired) electrons. The average molecular weight is 396 g/mol. The Morgan fingerprint density at radius 2 is 2.14 bits per heavy atom. The fraction of sp³-hybridized carbons (Fsp3) is 0.316. The molecule has 1 saturated heterocycles. The number of aromatic nitrogens is 4. The van der Waals surface area contributed by atoms with Crippen LogP contribution < -0.4 is 10.2 Å². The number of hydrogen-bond donors (Lipinski definition) is 1. The van der Waals surface area contributed by atoms with Crippen molar-refractivity contribution in [3.8, 4) is 11.3 Å². The zero-order valence-electron chi connectivity index (χ0n) is 15.5. The molecule has 0 bridgehead atoms. The van der Waals surface area contributed by atoms with Gasteiger partial charge in [-0.25, -0.2) is 15.0 Å². The fourth-order valence-electron chi connectivity index (χ4n) is 2.91. The van der Waals surface area contributed by atoms with Crippen molar-refractivity contribution in [1.82, 2.24) is 25.3 Å². The number of thiazole rings is 1. The standard InChI is InChI=1S/C19H20N6O2S/c1-13-12-28-16(23-13)11-21-18(26)15-10-22-19(25-5-7-27-8-6-25)24-17(15)14-3-2-4-20-9-14/h2-4,9-10,12H,5-8,11H2,1H3,(H,21,26). The zero-order chi connectivity index (χ0) is 19.3. The van der Waals surface area contributed by atoms with E-state index in [-0.39, 0.29) is 5.91 Å². The van der Waals surface area contributed by atoms with Gasteiger partial charge in [0.1, 0.15) is 5.01 Å². The molecule has 144 valence electrons. The van der Waals surface area contributed by atoms with Crippen molar-refractivity contribution < 1.29 is 9.53 Å². The van der Waals surface area contributed by atoms with Crippen molar-refractivity contribution in [2.75, 3.05) is 31.2 Å². The number of hydrogen-bond acceptors (Lipinski definition) is 8. The van der Waals surface area contributed by atoms with Crippen LogP contribution in [0.4, 0.5) is 5.95 Å². The van der Waals surface area contributed by atoms with E-state index < -0.39 is 0 Å². The number of carbonyl (C=O) groups excluding carboxylic acids is 1. The normalized spacial score (nSPS) is 14.1. The minimum absolute atomic E-state index is 0.236. The predicted octanol–water partition coefficient (Wildman–Crippen LogP) is 2.07. The molecule has 28 heavy (non-hydrogen) atoms. The minimum atomic E-state index is -0.236. The van der Waals surface area contributed by atoms with E-state index in [1.807, 2.05) is 24.4 Å². The summed E-state index contributed by atoms with van der Waals surface area (Å²) in [6, 6.07) is 3.71. The summed E-state index contributed by atoms with van der Waals surface area (Å²) in [6.07, 6.45) is 4.98. The zero-order valence-corrected chi connectivity index (χ0v) is 16.3. The Hall–Kier alpha value is -2.91. The molecule has 1 N–H and O–H groups in total. The van der Waals surface area contributed by atoms with E-state index in [0.29, 0.717) is 37.0 Å². The summed E-state index contributed by atoms with van der Waals surface area (Å²) >= 11 is 1.52. The summed E-state index contributed by atoms with van der Waals surface area (Å²) < 4.78 is 5.40. The smallest absolute Gasteiger partial charge is 0.255 e. The van der Waals surface area contributed by atoms with Gasteiger partial charge >= 0.3 is 0 Å². The molecule has 1 aliphatic heterocycles. The van der Waals surface area contributed by atoms with Crippen LogP contribution >= 0.6 is 11.3 Å². The lowest BCUT2D eigenvalue weighted by Crippen LogP contribution is -2.37. The van der Waals surface area contributed by atoms with E-state index in [9.17, 15) is 4.79 Å². The molecule has 0 aromatic carbocycles. The SMILES string of the molecule is Cc1csc(CNC(=O)c2cnc(N3CCOCC3)nc2-c2cccnc2)n1. The van der Waals surface area contributed by atoms with Crippen molar-refractivity contribution >= 4 is 23.2 Å². The van der Waals surface area contributed by atoms with Crippen molar-refractivity contribution in [3.63, 3.8) is 0 Å². The Balaban J connectivity index is 1.62. The number of pyridine rings is 1. The van der Waals surface area contributed by atoms with Crippen LogP contribution in [0.2, 0.25) is 0 Å². The molecule has 0 saturated carbocycles. The summed E-state index contributed by atoms with van der Waals surface area (Å²) in [5.41, 5.74) is 2.70. The second-order valence-corrected chi connectivity index (χ2v) is 7.28. The van der Waals surface area contributed by atoms with Crippen LogP contribution in [0, 0.1) is 6.92 Å². The van der Waals surface area contributed by atoms with E-state index >= 15 is 0 Å². The number of nitrogens with zero attached hydrogens (tertiary/aromatic N) is 5. The Morgan fingerprint density at radius 3 is 2.86 bits per heavy atom. The number of carbonyl (C=O) groups is 1. The molecule has 8 nitrogen and oxygen atoms in total. The molecule has 3 aromatic rings. The first-order valence-corrected chi connectivity index (χ1v) is 9.88. The van der Waals surface area contributed by atoms with E-state index in [1.54, 1.807) is 18.6 Å². The number of ether oxygens (including phenoxy) is 1. The van der Waals surface area contributed by atoms with Crippen molar-refractivity contribution in [2.45, 2.75) is 13.5 Å². The van der Waals surface area contributed by atoms with Crippen LogP contribution in [0.15, 0.2) is 36.1 Å². The van der Waals surface area contributed by atoms with Crippen LogP contribution in [-0.4, -0.2) is 52.1 Å². The second kappa shape index (κ2) is 8.41. The van der Waals surface area contributed by atoms with Gasteiger partial charge in [-0.2, -0.15) is 0 Å². The van der Waals surface area contributed by atoms with E-state index in [2.05, 4.69) is 25.2 Å². The lowest BCUT2D eigenvalue weighted by atomic mass is 10.1. The third kappa shape index (κ3) is 4.15. The molecule has 3 aromatic heterocycles. The maximum atomic E-state index is 12.8. The van der Waals surface area contributed by atoms with Gasteiger partial charge in [-0.05, 0) is 19.1 Å². The van der Waals surface area contributed by atoms with Gasteiger partial charge in [-0.15, -0.1) is 11.3 Å².